The van der Waals surface area contributed by atoms with Crippen molar-refractivity contribution < 1.29 is 0 Å². The number of thioether (sulfide) groups is 1. The van der Waals surface area contributed by atoms with E-state index in [0.717, 1.165) is 22.0 Å². The zero-order valence-electron chi connectivity index (χ0n) is 11.5. The van der Waals surface area contributed by atoms with Crippen molar-refractivity contribution in [3.8, 4) is 0 Å². The van der Waals surface area contributed by atoms with Gasteiger partial charge in [0.1, 0.15) is 10.0 Å². The van der Waals surface area contributed by atoms with Crippen LogP contribution < -0.4 is 0 Å². The molecule has 0 atom stereocenters. The van der Waals surface area contributed by atoms with Crippen LogP contribution in [0.25, 0.3) is 16.6 Å². The number of rotatable bonds is 3. The van der Waals surface area contributed by atoms with Gasteiger partial charge >= 0.3 is 0 Å². The number of aryl methyl sites for hydroxylation is 1. The predicted molar refractivity (Wildman–Crippen MR) is 89.7 cm³/mol. The third-order valence-corrected chi connectivity index (χ3v) is 5.35. The summed E-state index contributed by atoms with van der Waals surface area (Å²) in [7, 11) is 0. The Morgan fingerprint density at radius 1 is 1.23 bits per heavy atom. The van der Waals surface area contributed by atoms with Crippen LogP contribution in [0.1, 0.15) is 11.3 Å². The highest BCUT2D eigenvalue weighted by molar-refractivity contribution is 7.98. The summed E-state index contributed by atoms with van der Waals surface area (Å²) in [6.07, 6.45) is 0. The minimum atomic E-state index is 0.623. The van der Waals surface area contributed by atoms with Gasteiger partial charge in [-0.2, -0.15) is 0 Å². The minimum absolute atomic E-state index is 0.623. The molecule has 3 aromatic heterocycles. The molecule has 0 fully saturated rings. The van der Waals surface area contributed by atoms with Crippen molar-refractivity contribution >= 4 is 51.4 Å². The molecule has 0 amide bonds. The van der Waals surface area contributed by atoms with Crippen molar-refractivity contribution in [2.45, 2.75) is 17.8 Å². The van der Waals surface area contributed by atoms with Crippen molar-refractivity contribution in [3.05, 3.63) is 45.9 Å². The van der Waals surface area contributed by atoms with Gasteiger partial charge in [-0.1, -0.05) is 46.1 Å². The molecule has 0 unspecified atom stereocenters. The van der Waals surface area contributed by atoms with Crippen molar-refractivity contribution in [2.24, 2.45) is 0 Å². The number of pyridine rings is 1. The molecule has 0 aliphatic carbocycles. The molecule has 0 saturated heterocycles. The second-order valence-electron chi connectivity index (χ2n) is 4.80. The van der Waals surface area contributed by atoms with Crippen molar-refractivity contribution in [1.29, 1.82) is 0 Å². The van der Waals surface area contributed by atoms with E-state index in [9.17, 15) is 0 Å². The Bertz CT molecular complexity index is 978. The van der Waals surface area contributed by atoms with E-state index in [1.54, 1.807) is 11.8 Å². The highest BCUT2D eigenvalue weighted by atomic mass is 35.5. The van der Waals surface area contributed by atoms with E-state index in [0.29, 0.717) is 10.1 Å². The van der Waals surface area contributed by atoms with E-state index in [-0.39, 0.29) is 0 Å². The number of hydrogen-bond donors (Lipinski definition) is 0. The van der Waals surface area contributed by atoms with Gasteiger partial charge < -0.3 is 0 Å². The first kappa shape index (κ1) is 13.9. The third-order valence-electron chi connectivity index (χ3n) is 3.42. The average Bonchev–Trinajstić information content (AvgIpc) is 3.12. The summed E-state index contributed by atoms with van der Waals surface area (Å²) in [6, 6.07) is 10.3. The molecule has 0 saturated carbocycles. The Morgan fingerprint density at radius 3 is 2.91 bits per heavy atom. The van der Waals surface area contributed by atoms with Crippen LogP contribution >= 0.6 is 34.9 Å². The first-order chi connectivity index (χ1) is 10.7. The molecule has 8 heteroatoms. The monoisotopic (exact) mass is 347 g/mol. The van der Waals surface area contributed by atoms with E-state index in [2.05, 4.69) is 49.3 Å². The topological polar surface area (TPSA) is 56.0 Å². The van der Waals surface area contributed by atoms with E-state index in [4.69, 9.17) is 11.6 Å². The number of aromatic nitrogens is 5. The maximum Gasteiger partial charge on any atom is 0.196 e. The van der Waals surface area contributed by atoms with Crippen LogP contribution in [0.5, 0.6) is 0 Å². The fourth-order valence-corrected chi connectivity index (χ4v) is 4.07. The van der Waals surface area contributed by atoms with Crippen LogP contribution in [0.4, 0.5) is 0 Å². The number of fused-ring (bicyclic) bond motifs is 3. The highest BCUT2D eigenvalue weighted by Gasteiger charge is 2.13. The van der Waals surface area contributed by atoms with Crippen LogP contribution in [0.2, 0.25) is 4.34 Å². The largest absolute Gasteiger partial charge is 0.270 e. The lowest BCUT2D eigenvalue weighted by Crippen LogP contribution is -1.93. The molecule has 0 radical (unpaired) electrons. The summed E-state index contributed by atoms with van der Waals surface area (Å²) >= 11 is 8.81. The smallest absolute Gasteiger partial charge is 0.196 e. The first-order valence-corrected chi connectivity index (χ1v) is 8.71. The second kappa shape index (κ2) is 5.49. The normalized spacial score (nSPS) is 11.5. The van der Waals surface area contributed by atoms with Crippen LogP contribution in [0, 0.1) is 6.92 Å². The van der Waals surface area contributed by atoms with Gasteiger partial charge in [0, 0.05) is 22.7 Å². The summed E-state index contributed by atoms with van der Waals surface area (Å²) < 4.78 is 6.55. The van der Waals surface area contributed by atoms with E-state index >= 15 is 0 Å². The van der Waals surface area contributed by atoms with Crippen molar-refractivity contribution in [2.75, 3.05) is 0 Å². The van der Waals surface area contributed by atoms with Gasteiger partial charge in [-0.05, 0) is 24.6 Å². The van der Waals surface area contributed by atoms with Gasteiger partial charge in [0.2, 0.25) is 0 Å². The number of halogens is 1. The Hall–Kier alpha value is -1.70. The van der Waals surface area contributed by atoms with Crippen molar-refractivity contribution in [1.82, 2.24) is 24.2 Å². The standard InChI is InChI=1S/C14H10ClN5S2/c1-8-6-12-17-18-14(21-7-10-13(15)22-19-16-10)20(12)11-5-3-2-4-9(8)11/h2-6H,7H2,1H3. The van der Waals surface area contributed by atoms with Gasteiger partial charge in [-0.3, -0.25) is 4.40 Å². The fraction of sp³-hybridized carbons (Fsp3) is 0.143. The maximum absolute atomic E-state index is 6.05. The Labute approximate surface area is 139 Å². The van der Waals surface area contributed by atoms with Gasteiger partial charge in [-0.15, -0.1) is 15.3 Å². The quantitative estimate of drug-likeness (QED) is 0.524. The van der Waals surface area contributed by atoms with E-state index in [1.165, 1.54) is 22.5 Å². The molecule has 22 heavy (non-hydrogen) atoms. The first-order valence-electron chi connectivity index (χ1n) is 6.57. The second-order valence-corrected chi connectivity index (χ2v) is 7.10. The molecule has 4 aromatic rings. The molecule has 0 aliphatic heterocycles. The zero-order chi connectivity index (χ0) is 15.1. The molecule has 0 bridgehead atoms. The SMILES string of the molecule is Cc1cc2nnc(SCc3nnsc3Cl)n2c2ccccc12. The molecule has 0 N–H and O–H groups in total. The van der Waals surface area contributed by atoms with Crippen LogP contribution in [-0.2, 0) is 5.75 Å². The summed E-state index contributed by atoms with van der Waals surface area (Å²) in [6.45, 7) is 2.09. The summed E-state index contributed by atoms with van der Waals surface area (Å²) in [5, 5.41) is 14.6. The molecule has 3 heterocycles. The number of benzene rings is 1. The third kappa shape index (κ3) is 2.25. The lowest BCUT2D eigenvalue weighted by Gasteiger charge is -2.06. The molecule has 4 rings (SSSR count). The van der Waals surface area contributed by atoms with Crippen LogP contribution in [-0.4, -0.2) is 24.2 Å². The Kier molecular flexibility index (Phi) is 3.48. The van der Waals surface area contributed by atoms with Gasteiger partial charge in [0.05, 0.1) is 5.52 Å². The fourth-order valence-electron chi connectivity index (χ4n) is 2.38. The lowest BCUT2D eigenvalue weighted by molar-refractivity contribution is 0.937. The van der Waals surface area contributed by atoms with Gasteiger partial charge in [0.15, 0.2) is 10.8 Å². The summed E-state index contributed by atoms with van der Waals surface area (Å²) in [5.74, 6) is 0.623. The Morgan fingerprint density at radius 2 is 2.09 bits per heavy atom. The van der Waals surface area contributed by atoms with Gasteiger partial charge in [-0.25, -0.2) is 0 Å². The Balaban J connectivity index is 1.82. The van der Waals surface area contributed by atoms with Gasteiger partial charge in [0.25, 0.3) is 0 Å². The highest BCUT2D eigenvalue weighted by Crippen LogP contribution is 2.29. The zero-order valence-corrected chi connectivity index (χ0v) is 13.9. The van der Waals surface area contributed by atoms with E-state index in [1.807, 2.05) is 12.1 Å². The van der Waals surface area contributed by atoms with E-state index < -0.39 is 0 Å². The molecule has 0 spiro atoms. The molecule has 5 nitrogen and oxygen atoms in total. The maximum atomic E-state index is 6.05. The van der Waals surface area contributed by atoms with Crippen LogP contribution in [0.15, 0.2) is 35.5 Å². The molecular weight excluding hydrogens is 338 g/mol. The summed E-state index contributed by atoms with van der Waals surface area (Å²) in [5.41, 5.74) is 3.93. The number of hydrogen-bond acceptors (Lipinski definition) is 6. The van der Waals surface area contributed by atoms with Crippen molar-refractivity contribution in [3.63, 3.8) is 0 Å². The number of nitrogens with zero attached hydrogens (tertiary/aromatic N) is 5. The number of para-hydroxylation sites is 1. The molecular formula is C14H10ClN5S2. The predicted octanol–water partition coefficient (Wildman–Crippen LogP) is 3.99. The van der Waals surface area contributed by atoms with Crippen LogP contribution in [0.3, 0.4) is 0 Å². The molecule has 110 valence electrons. The minimum Gasteiger partial charge on any atom is -0.270 e. The summed E-state index contributed by atoms with van der Waals surface area (Å²) in [4.78, 5) is 0. The average molecular weight is 348 g/mol. The molecule has 1 aromatic carbocycles. The lowest BCUT2D eigenvalue weighted by atomic mass is 10.1. The molecule has 0 aliphatic rings.